The molecule has 1 fully saturated rings. The minimum absolute atomic E-state index is 0.0799. The third-order valence-corrected chi connectivity index (χ3v) is 7.86. The van der Waals surface area contributed by atoms with Crippen LogP contribution in [0.2, 0.25) is 0 Å². The van der Waals surface area contributed by atoms with Crippen molar-refractivity contribution < 1.29 is 13.9 Å². The molecule has 1 spiro atoms. The molecule has 0 bridgehead atoms. The minimum atomic E-state index is -3.50. The van der Waals surface area contributed by atoms with Gasteiger partial charge in [0.15, 0.2) is 0 Å². The highest BCUT2D eigenvalue weighted by Crippen LogP contribution is 2.65. The van der Waals surface area contributed by atoms with Crippen LogP contribution in [-0.2, 0) is 5.41 Å². The Hall–Kier alpha value is -3.33. The zero-order chi connectivity index (χ0) is 24.3. The maximum atomic E-state index is 14.5. The SMILES string of the molecule is [C-]#[N+]N1c2cc3c4c(cc(O)c3cc2NC1(F)F)C1(CC(C)(C)CC(C)(C)C1)c1ccccc1-4. The molecule has 0 saturated heterocycles. The van der Waals surface area contributed by atoms with E-state index in [9.17, 15) is 13.9 Å². The molecule has 0 amide bonds. The number of nitrogens with one attached hydrogen (secondary N) is 1. The summed E-state index contributed by atoms with van der Waals surface area (Å²) < 4.78 is 28.9. The fourth-order valence-corrected chi connectivity index (χ4v) is 7.63. The Morgan fingerprint density at radius 2 is 1.62 bits per heavy atom. The summed E-state index contributed by atoms with van der Waals surface area (Å²) in [7, 11) is 0. The molecule has 0 unspecified atom stereocenters. The van der Waals surface area contributed by atoms with Gasteiger partial charge in [-0.2, -0.15) is 15.4 Å². The summed E-state index contributed by atoms with van der Waals surface area (Å²) in [4.78, 5) is 3.08. The Kier molecular flexibility index (Phi) is 3.88. The van der Waals surface area contributed by atoms with Gasteiger partial charge in [-0.1, -0.05) is 52.0 Å². The number of anilines is 2. The van der Waals surface area contributed by atoms with E-state index in [1.807, 2.05) is 12.1 Å². The molecule has 2 aliphatic carbocycles. The van der Waals surface area contributed by atoms with Crippen molar-refractivity contribution in [3.63, 3.8) is 0 Å². The van der Waals surface area contributed by atoms with Crippen LogP contribution in [0.4, 0.5) is 20.2 Å². The van der Waals surface area contributed by atoms with Gasteiger partial charge < -0.3 is 10.4 Å². The average molecular weight is 460 g/mol. The first-order chi connectivity index (χ1) is 15.9. The number of nitrogens with zero attached hydrogens (tertiary/aromatic N) is 2. The Labute approximate surface area is 198 Å². The fourth-order valence-electron chi connectivity index (χ4n) is 7.63. The topological polar surface area (TPSA) is 39.9 Å². The fraction of sp³-hybridized carbons (Fsp3) is 0.393. The van der Waals surface area contributed by atoms with E-state index in [-0.39, 0.29) is 33.4 Å². The van der Waals surface area contributed by atoms with Gasteiger partial charge in [0.2, 0.25) is 0 Å². The van der Waals surface area contributed by atoms with Gasteiger partial charge in [-0.15, -0.1) is 4.95 Å². The molecule has 4 nitrogen and oxygen atoms in total. The van der Waals surface area contributed by atoms with Crippen LogP contribution in [0.25, 0.3) is 26.9 Å². The second-order valence-corrected chi connectivity index (χ2v) is 11.8. The molecule has 34 heavy (non-hydrogen) atoms. The number of phenolic OH excluding ortho intramolecular Hbond substituents is 1. The number of aromatic hydroxyl groups is 1. The van der Waals surface area contributed by atoms with Gasteiger partial charge in [0, 0.05) is 15.8 Å². The van der Waals surface area contributed by atoms with E-state index in [0.29, 0.717) is 15.8 Å². The molecule has 3 aromatic carbocycles. The zero-order valence-corrected chi connectivity index (χ0v) is 19.8. The van der Waals surface area contributed by atoms with Crippen molar-refractivity contribution in [3.8, 4) is 16.9 Å². The molecule has 3 aromatic rings. The number of hydrogen-bond donors (Lipinski definition) is 2. The molecule has 0 atom stereocenters. The van der Waals surface area contributed by atoms with Gasteiger partial charge in [-0.25, -0.2) is 0 Å². The highest BCUT2D eigenvalue weighted by molar-refractivity contribution is 6.09. The predicted molar refractivity (Wildman–Crippen MR) is 131 cm³/mol. The normalized spacial score (nSPS) is 22.1. The maximum absolute atomic E-state index is 14.5. The Morgan fingerprint density at radius 1 is 0.941 bits per heavy atom. The lowest BCUT2D eigenvalue weighted by atomic mass is 9.52. The van der Waals surface area contributed by atoms with Crippen molar-refractivity contribution in [3.05, 3.63) is 65.1 Å². The lowest BCUT2D eigenvalue weighted by Crippen LogP contribution is -2.43. The second kappa shape index (κ2) is 6.21. The van der Waals surface area contributed by atoms with Crippen molar-refractivity contribution in [2.45, 2.75) is 58.5 Å². The van der Waals surface area contributed by atoms with Crippen LogP contribution in [-0.4, -0.2) is 11.3 Å². The molecule has 1 heterocycles. The summed E-state index contributed by atoms with van der Waals surface area (Å²) in [6.45, 7) is 16.6. The molecule has 174 valence electrons. The lowest BCUT2D eigenvalue weighted by Gasteiger charge is -2.51. The smallest absolute Gasteiger partial charge is 0.473 e. The van der Waals surface area contributed by atoms with Gasteiger partial charge in [-0.05, 0) is 75.9 Å². The van der Waals surface area contributed by atoms with Crippen molar-refractivity contribution >= 4 is 22.1 Å². The summed E-state index contributed by atoms with van der Waals surface area (Å²) in [6.07, 6.45) is -0.516. The Morgan fingerprint density at radius 3 is 2.29 bits per heavy atom. The summed E-state index contributed by atoms with van der Waals surface area (Å²) in [5.74, 6) is 0.0799. The predicted octanol–water partition coefficient (Wildman–Crippen LogP) is 7.66. The summed E-state index contributed by atoms with van der Waals surface area (Å²) in [5.41, 5.74) is 4.55. The van der Waals surface area contributed by atoms with Crippen molar-refractivity contribution in [2.24, 2.45) is 10.8 Å². The van der Waals surface area contributed by atoms with Crippen LogP contribution >= 0.6 is 0 Å². The summed E-state index contributed by atoms with van der Waals surface area (Å²) in [5, 5.41) is 14.9. The van der Waals surface area contributed by atoms with Crippen molar-refractivity contribution in [1.29, 1.82) is 0 Å². The number of rotatable bonds is 0. The second-order valence-electron chi connectivity index (χ2n) is 11.8. The monoisotopic (exact) mass is 459 g/mol. The van der Waals surface area contributed by atoms with E-state index in [1.54, 1.807) is 12.1 Å². The molecule has 0 aromatic heterocycles. The van der Waals surface area contributed by atoms with Crippen LogP contribution in [0.5, 0.6) is 5.75 Å². The molecular weight excluding hydrogens is 432 g/mol. The largest absolute Gasteiger partial charge is 0.507 e. The Balaban J connectivity index is 1.71. The van der Waals surface area contributed by atoms with Crippen LogP contribution in [0.3, 0.4) is 0 Å². The number of fused-ring (bicyclic) bond motifs is 8. The van der Waals surface area contributed by atoms with E-state index in [0.717, 1.165) is 36.0 Å². The van der Waals surface area contributed by atoms with Gasteiger partial charge in [0.1, 0.15) is 11.4 Å². The average Bonchev–Trinajstić information content (AvgIpc) is 3.11. The number of hydrogen-bond acceptors (Lipinski definition) is 3. The highest BCUT2D eigenvalue weighted by Gasteiger charge is 2.55. The van der Waals surface area contributed by atoms with Crippen LogP contribution in [0.15, 0.2) is 42.5 Å². The molecule has 3 aliphatic rings. The summed E-state index contributed by atoms with van der Waals surface area (Å²) in [6, 6.07) is 13.4. The van der Waals surface area contributed by atoms with Gasteiger partial charge in [-0.3, -0.25) is 0 Å². The van der Waals surface area contributed by atoms with E-state index in [1.165, 1.54) is 5.56 Å². The number of halogens is 2. The third-order valence-electron chi connectivity index (χ3n) is 7.86. The standard InChI is InChI=1S/C28H27F2N3O/c1-25(2)13-26(3,4)15-27(14-25)19-9-7-6-8-16(19)24-18-11-22-21(32-28(29,30)33(22)31-5)10-17(18)23(34)12-20(24)27/h6-12,32,34H,13-15H2,1-4H3. The first-order valence-corrected chi connectivity index (χ1v) is 11.7. The van der Waals surface area contributed by atoms with E-state index in [4.69, 9.17) is 6.57 Å². The summed E-state index contributed by atoms with van der Waals surface area (Å²) >= 11 is 0. The highest BCUT2D eigenvalue weighted by atomic mass is 19.3. The zero-order valence-electron chi connectivity index (χ0n) is 19.8. The molecule has 6 rings (SSSR count). The third kappa shape index (κ3) is 2.67. The molecule has 0 radical (unpaired) electrons. The molecule has 1 saturated carbocycles. The van der Waals surface area contributed by atoms with Crippen LogP contribution in [0, 0.1) is 17.4 Å². The van der Waals surface area contributed by atoms with Crippen molar-refractivity contribution in [1.82, 2.24) is 0 Å². The van der Waals surface area contributed by atoms with E-state index < -0.39 is 6.17 Å². The lowest BCUT2D eigenvalue weighted by molar-refractivity contribution is 0.0445. The van der Waals surface area contributed by atoms with Crippen LogP contribution in [0.1, 0.15) is 58.1 Å². The van der Waals surface area contributed by atoms with E-state index in [2.05, 4.69) is 56.2 Å². The van der Waals surface area contributed by atoms with Crippen molar-refractivity contribution in [2.75, 3.05) is 10.3 Å². The maximum Gasteiger partial charge on any atom is 0.473 e. The minimum Gasteiger partial charge on any atom is -0.507 e. The number of alkyl halides is 2. The van der Waals surface area contributed by atoms with E-state index >= 15 is 0 Å². The first kappa shape index (κ1) is 21.2. The number of phenols is 1. The Bertz CT molecular complexity index is 1420. The molecule has 2 N–H and O–H groups in total. The molecule has 6 heteroatoms. The number of benzene rings is 3. The van der Waals surface area contributed by atoms with Gasteiger partial charge >= 0.3 is 6.17 Å². The molecule has 1 aliphatic heterocycles. The first-order valence-electron chi connectivity index (χ1n) is 11.7. The quantitative estimate of drug-likeness (QED) is 0.268. The molecular formula is C28H27F2N3O. The van der Waals surface area contributed by atoms with Crippen LogP contribution < -0.4 is 10.3 Å². The van der Waals surface area contributed by atoms with Gasteiger partial charge in [0.25, 0.3) is 0 Å². The van der Waals surface area contributed by atoms with Gasteiger partial charge in [0.05, 0.1) is 5.69 Å².